The van der Waals surface area contributed by atoms with Gasteiger partial charge in [-0.2, -0.15) is 0 Å². The highest BCUT2D eigenvalue weighted by Crippen LogP contribution is 2.21. The van der Waals surface area contributed by atoms with Gasteiger partial charge in [-0.15, -0.1) is 0 Å². The van der Waals surface area contributed by atoms with Crippen molar-refractivity contribution in [3.8, 4) is 0 Å². The Kier molecular flexibility index (Phi) is 6.78. The molecule has 28 heavy (non-hydrogen) atoms. The van der Waals surface area contributed by atoms with E-state index < -0.39 is 0 Å². The minimum Gasteiger partial charge on any atom is -0.358 e. The molecule has 0 saturated carbocycles. The fourth-order valence-corrected chi connectivity index (χ4v) is 3.26. The van der Waals surface area contributed by atoms with Crippen LogP contribution in [0.4, 0.5) is 0 Å². The van der Waals surface area contributed by atoms with Crippen LogP contribution in [0.2, 0.25) is 0 Å². The summed E-state index contributed by atoms with van der Waals surface area (Å²) in [5, 5.41) is 6.87. The maximum atomic E-state index is 12.5. The number of rotatable bonds is 9. The van der Waals surface area contributed by atoms with E-state index in [2.05, 4.69) is 20.6 Å². The minimum atomic E-state index is -0.0885. The van der Waals surface area contributed by atoms with E-state index in [0.29, 0.717) is 18.7 Å². The number of aryl methyl sites for hydroxylation is 1. The molecule has 6 heteroatoms. The lowest BCUT2D eigenvalue weighted by atomic mass is 10.1. The molecule has 2 heterocycles. The molecule has 0 fully saturated rings. The van der Waals surface area contributed by atoms with Crippen molar-refractivity contribution >= 4 is 22.7 Å². The van der Waals surface area contributed by atoms with Gasteiger partial charge >= 0.3 is 0 Å². The van der Waals surface area contributed by atoms with Gasteiger partial charge in [-0.05, 0) is 38.0 Å². The van der Waals surface area contributed by atoms with Crippen molar-refractivity contribution in [3.63, 3.8) is 0 Å². The number of pyridine rings is 1. The third-order valence-corrected chi connectivity index (χ3v) is 4.72. The van der Waals surface area contributed by atoms with Crippen LogP contribution in [0.5, 0.6) is 0 Å². The number of carbonyl (C=O) groups excluding carboxylic acids is 2. The molecule has 2 aromatic heterocycles. The first-order valence-corrected chi connectivity index (χ1v) is 9.70. The topological polar surface area (TPSA) is 86.9 Å². The van der Waals surface area contributed by atoms with E-state index in [-0.39, 0.29) is 11.8 Å². The van der Waals surface area contributed by atoms with E-state index in [1.165, 1.54) is 0 Å². The van der Waals surface area contributed by atoms with Crippen LogP contribution in [0, 0.1) is 6.92 Å². The van der Waals surface area contributed by atoms with Crippen molar-refractivity contribution in [2.45, 2.75) is 32.6 Å². The molecule has 6 nitrogen and oxygen atoms in total. The van der Waals surface area contributed by atoms with Crippen molar-refractivity contribution in [1.82, 2.24) is 20.6 Å². The molecule has 0 aliphatic rings. The molecule has 3 aromatic rings. The quantitative estimate of drug-likeness (QED) is 0.497. The summed E-state index contributed by atoms with van der Waals surface area (Å²) in [6.07, 6.45) is 7.07. The number of aromatic nitrogens is 2. The minimum absolute atomic E-state index is 0.0290. The number of aromatic amines is 1. The zero-order valence-corrected chi connectivity index (χ0v) is 16.1. The van der Waals surface area contributed by atoms with E-state index in [4.69, 9.17) is 0 Å². The van der Waals surface area contributed by atoms with Crippen molar-refractivity contribution in [2.75, 3.05) is 13.1 Å². The predicted molar refractivity (Wildman–Crippen MR) is 110 cm³/mol. The Hall–Kier alpha value is -3.15. The summed E-state index contributed by atoms with van der Waals surface area (Å²) in [7, 11) is 0. The van der Waals surface area contributed by atoms with Crippen LogP contribution in [-0.2, 0) is 0 Å². The maximum absolute atomic E-state index is 12.5. The highest BCUT2D eigenvalue weighted by Gasteiger charge is 2.14. The third kappa shape index (κ3) is 4.97. The normalized spacial score (nSPS) is 10.8. The monoisotopic (exact) mass is 378 g/mol. The summed E-state index contributed by atoms with van der Waals surface area (Å²) in [5.74, 6) is -0.117. The number of carbonyl (C=O) groups is 2. The summed E-state index contributed by atoms with van der Waals surface area (Å²) in [6.45, 7) is 3.23. The van der Waals surface area contributed by atoms with Crippen LogP contribution in [0.1, 0.15) is 52.1 Å². The van der Waals surface area contributed by atoms with Crippen molar-refractivity contribution in [1.29, 1.82) is 0 Å². The van der Waals surface area contributed by atoms with E-state index in [1.54, 1.807) is 24.5 Å². The van der Waals surface area contributed by atoms with Crippen molar-refractivity contribution < 1.29 is 9.59 Å². The molecule has 0 unspecified atom stereocenters. The van der Waals surface area contributed by atoms with Crippen LogP contribution in [0.25, 0.3) is 10.9 Å². The molecule has 1 aromatic carbocycles. The highest BCUT2D eigenvalue weighted by atomic mass is 16.2. The molecule has 0 radical (unpaired) electrons. The number of amides is 2. The second kappa shape index (κ2) is 9.69. The Labute approximate surface area is 164 Å². The molecule has 0 aliphatic heterocycles. The molecular weight excluding hydrogens is 352 g/mol. The van der Waals surface area contributed by atoms with Gasteiger partial charge in [-0.25, -0.2) is 0 Å². The van der Waals surface area contributed by atoms with E-state index >= 15 is 0 Å². The number of H-pyrrole nitrogens is 1. The van der Waals surface area contributed by atoms with Crippen LogP contribution in [0.15, 0.2) is 48.8 Å². The summed E-state index contributed by atoms with van der Waals surface area (Å²) in [4.78, 5) is 31.6. The van der Waals surface area contributed by atoms with Crippen LogP contribution < -0.4 is 10.6 Å². The first kappa shape index (κ1) is 19.6. The van der Waals surface area contributed by atoms with Gasteiger partial charge < -0.3 is 15.6 Å². The zero-order chi connectivity index (χ0) is 19.8. The lowest BCUT2D eigenvalue weighted by molar-refractivity contribution is 0.0943. The summed E-state index contributed by atoms with van der Waals surface area (Å²) in [5.41, 5.74) is 3.19. The first-order chi connectivity index (χ1) is 13.7. The standard InChI is InChI=1S/C22H26N4O2/c1-16-20(18-10-4-5-11-19(18)26-16)22(28)25-14-7-3-2-6-13-24-21(27)17-9-8-12-23-15-17/h4-5,8-12,15,26H,2-3,6-7,13-14H2,1H3,(H,24,27)(H,25,28). The van der Waals surface area contributed by atoms with Gasteiger partial charge in [-0.1, -0.05) is 31.0 Å². The summed E-state index contributed by atoms with van der Waals surface area (Å²) in [6, 6.07) is 11.3. The van der Waals surface area contributed by atoms with Crippen LogP contribution in [0.3, 0.4) is 0 Å². The fourth-order valence-electron chi connectivity index (χ4n) is 3.26. The SMILES string of the molecule is Cc1[nH]c2ccccc2c1C(=O)NCCCCCCNC(=O)c1cccnc1. The molecule has 2 amide bonds. The van der Waals surface area contributed by atoms with E-state index in [9.17, 15) is 9.59 Å². The molecule has 0 saturated heterocycles. The number of unbranched alkanes of at least 4 members (excludes halogenated alkanes) is 3. The smallest absolute Gasteiger partial charge is 0.253 e. The summed E-state index contributed by atoms with van der Waals surface area (Å²) >= 11 is 0. The zero-order valence-electron chi connectivity index (χ0n) is 16.1. The second-order valence-corrected chi connectivity index (χ2v) is 6.84. The first-order valence-electron chi connectivity index (χ1n) is 9.70. The number of nitrogens with zero attached hydrogens (tertiary/aromatic N) is 1. The van der Waals surface area contributed by atoms with Gasteiger partial charge in [0.25, 0.3) is 11.8 Å². The third-order valence-electron chi connectivity index (χ3n) is 4.72. The average molecular weight is 378 g/mol. The predicted octanol–water partition coefficient (Wildman–Crippen LogP) is 3.59. The van der Waals surface area contributed by atoms with Crippen molar-refractivity contribution in [3.05, 3.63) is 65.6 Å². The van der Waals surface area contributed by atoms with E-state index in [0.717, 1.165) is 47.8 Å². The number of fused-ring (bicyclic) bond motifs is 1. The van der Waals surface area contributed by atoms with Gasteiger partial charge in [-0.3, -0.25) is 14.6 Å². The number of hydrogen-bond donors (Lipinski definition) is 3. The molecule has 0 aliphatic carbocycles. The van der Waals surface area contributed by atoms with Gasteiger partial charge in [0.15, 0.2) is 0 Å². The van der Waals surface area contributed by atoms with Gasteiger partial charge in [0.05, 0.1) is 11.1 Å². The molecule has 0 bridgehead atoms. The molecule has 3 rings (SSSR count). The number of nitrogens with one attached hydrogen (secondary N) is 3. The van der Waals surface area contributed by atoms with Gasteiger partial charge in [0.2, 0.25) is 0 Å². The number of para-hydroxylation sites is 1. The Bertz CT molecular complexity index is 934. The Morgan fingerprint density at radius 1 is 0.929 bits per heavy atom. The Morgan fingerprint density at radius 3 is 2.36 bits per heavy atom. The number of hydrogen-bond acceptors (Lipinski definition) is 3. The molecule has 146 valence electrons. The lowest BCUT2D eigenvalue weighted by Gasteiger charge is -2.07. The van der Waals surface area contributed by atoms with Gasteiger partial charge in [0, 0.05) is 42.1 Å². The van der Waals surface area contributed by atoms with Gasteiger partial charge in [0.1, 0.15) is 0 Å². The maximum Gasteiger partial charge on any atom is 0.253 e. The fraction of sp³-hybridized carbons (Fsp3) is 0.318. The molecule has 0 atom stereocenters. The van der Waals surface area contributed by atoms with Crippen molar-refractivity contribution in [2.24, 2.45) is 0 Å². The molecule has 3 N–H and O–H groups in total. The largest absolute Gasteiger partial charge is 0.358 e. The molecule has 0 spiro atoms. The lowest BCUT2D eigenvalue weighted by Crippen LogP contribution is -2.25. The summed E-state index contributed by atoms with van der Waals surface area (Å²) < 4.78 is 0. The van der Waals surface area contributed by atoms with E-state index in [1.807, 2.05) is 31.2 Å². The number of benzene rings is 1. The average Bonchev–Trinajstić information content (AvgIpc) is 3.06. The second-order valence-electron chi connectivity index (χ2n) is 6.84. The Morgan fingerprint density at radius 2 is 1.64 bits per heavy atom. The highest BCUT2D eigenvalue weighted by molar-refractivity contribution is 6.08. The molecular formula is C22H26N4O2. The Balaban J connectivity index is 1.31. The van der Waals surface area contributed by atoms with Crippen LogP contribution >= 0.6 is 0 Å². The van der Waals surface area contributed by atoms with Crippen LogP contribution in [-0.4, -0.2) is 34.9 Å².